The van der Waals surface area contributed by atoms with Gasteiger partial charge in [0.2, 0.25) is 5.91 Å². The van der Waals surface area contributed by atoms with E-state index in [0.29, 0.717) is 18.5 Å². The Hall–Kier alpha value is -2.70. The number of nitrogens with one attached hydrogen (secondary N) is 1. The number of carbonyl (C=O) groups excluding carboxylic acids is 2. The van der Waals surface area contributed by atoms with Crippen molar-refractivity contribution in [3.8, 4) is 0 Å². The van der Waals surface area contributed by atoms with E-state index in [1.54, 1.807) is 18.5 Å². The Morgan fingerprint density at radius 2 is 2.00 bits per heavy atom. The molecule has 29 heavy (non-hydrogen) atoms. The Bertz CT molecular complexity index is 855. The molecule has 0 aromatic carbocycles. The van der Waals surface area contributed by atoms with Crippen LogP contribution in [-0.2, 0) is 18.3 Å². The smallest absolute Gasteiger partial charge is 0.272 e. The first-order valence-electron chi connectivity index (χ1n) is 10.5. The van der Waals surface area contributed by atoms with Crippen molar-refractivity contribution in [2.45, 2.75) is 51.0 Å². The number of aryl methyl sites for hydroxylation is 2. The number of piperidine rings is 1. The molecule has 2 fully saturated rings. The van der Waals surface area contributed by atoms with Crippen LogP contribution in [0.5, 0.6) is 0 Å². The molecule has 2 amide bonds. The molecule has 1 unspecified atom stereocenters. The minimum Gasteiger partial charge on any atom is -0.353 e. The summed E-state index contributed by atoms with van der Waals surface area (Å²) >= 11 is 0. The summed E-state index contributed by atoms with van der Waals surface area (Å²) in [5.74, 6) is 0.125. The first-order valence-corrected chi connectivity index (χ1v) is 10.5. The number of pyridine rings is 1. The van der Waals surface area contributed by atoms with Crippen LogP contribution in [0.3, 0.4) is 0 Å². The van der Waals surface area contributed by atoms with E-state index in [9.17, 15) is 9.59 Å². The molecule has 1 spiro atoms. The fraction of sp³-hybridized carbons (Fsp3) is 0.545. The molecule has 3 heterocycles. The maximum Gasteiger partial charge on any atom is 0.272 e. The van der Waals surface area contributed by atoms with Gasteiger partial charge in [-0.3, -0.25) is 19.3 Å². The molecular weight excluding hydrogens is 366 g/mol. The number of rotatable bonds is 5. The number of amides is 2. The van der Waals surface area contributed by atoms with Crippen molar-refractivity contribution in [3.63, 3.8) is 0 Å². The summed E-state index contributed by atoms with van der Waals surface area (Å²) < 4.78 is 1.82. The van der Waals surface area contributed by atoms with E-state index in [0.717, 1.165) is 50.9 Å². The second-order valence-corrected chi connectivity index (χ2v) is 8.33. The largest absolute Gasteiger partial charge is 0.353 e. The zero-order valence-corrected chi connectivity index (χ0v) is 17.0. The van der Waals surface area contributed by atoms with Crippen LogP contribution in [-0.4, -0.2) is 50.6 Å². The van der Waals surface area contributed by atoms with E-state index >= 15 is 0 Å². The summed E-state index contributed by atoms with van der Waals surface area (Å²) in [6.07, 6.45) is 9.80. The maximum absolute atomic E-state index is 12.7. The molecule has 1 atom stereocenters. The Kier molecular flexibility index (Phi) is 5.65. The quantitative estimate of drug-likeness (QED) is 0.843. The van der Waals surface area contributed by atoms with Crippen LogP contribution in [0.4, 0.5) is 0 Å². The molecule has 7 nitrogen and oxygen atoms in total. The highest BCUT2D eigenvalue weighted by Gasteiger charge is 2.45. The lowest BCUT2D eigenvalue weighted by Crippen LogP contribution is -2.51. The van der Waals surface area contributed by atoms with Gasteiger partial charge in [0, 0.05) is 50.7 Å². The van der Waals surface area contributed by atoms with Gasteiger partial charge in [0.1, 0.15) is 5.69 Å². The summed E-state index contributed by atoms with van der Waals surface area (Å²) in [6.45, 7) is 1.47. The Morgan fingerprint density at radius 3 is 2.69 bits per heavy atom. The van der Waals surface area contributed by atoms with Gasteiger partial charge in [-0.25, -0.2) is 0 Å². The SMILES string of the molecule is Cn1nccc1CCC(=O)NC1CCCC12CCN(C(=O)c1ccccn1)CC2. The average molecular weight is 396 g/mol. The van der Waals surface area contributed by atoms with Crippen LogP contribution < -0.4 is 5.32 Å². The lowest BCUT2D eigenvalue weighted by Gasteiger charge is -2.43. The van der Waals surface area contributed by atoms with Crippen molar-refractivity contribution in [1.82, 2.24) is 25.0 Å². The van der Waals surface area contributed by atoms with Gasteiger partial charge in [0.25, 0.3) is 5.91 Å². The van der Waals surface area contributed by atoms with Gasteiger partial charge in [-0.05, 0) is 55.7 Å². The number of hydrogen-bond acceptors (Lipinski definition) is 4. The number of aromatic nitrogens is 3. The average Bonchev–Trinajstić information content (AvgIpc) is 3.33. The van der Waals surface area contributed by atoms with Crippen LogP contribution in [0.25, 0.3) is 0 Å². The molecule has 0 radical (unpaired) electrons. The minimum absolute atomic E-state index is 0.00945. The van der Waals surface area contributed by atoms with Gasteiger partial charge in [0.05, 0.1) is 0 Å². The number of nitrogens with zero attached hydrogens (tertiary/aromatic N) is 4. The maximum atomic E-state index is 12.7. The summed E-state index contributed by atoms with van der Waals surface area (Å²) in [4.78, 5) is 31.4. The predicted octanol–water partition coefficient (Wildman–Crippen LogP) is 2.34. The van der Waals surface area contributed by atoms with Crippen LogP contribution >= 0.6 is 0 Å². The van der Waals surface area contributed by atoms with Gasteiger partial charge in [-0.2, -0.15) is 5.10 Å². The highest BCUT2D eigenvalue weighted by molar-refractivity contribution is 5.92. The van der Waals surface area contributed by atoms with Crippen molar-refractivity contribution in [3.05, 3.63) is 48.0 Å². The third-order valence-electron chi connectivity index (χ3n) is 6.70. The molecule has 2 aromatic rings. The second kappa shape index (κ2) is 8.35. The van der Waals surface area contributed by atoms with Crippen molar-refractivity contribution in [2.24, 2.45) is 12.5 Å². The summed E-state index contributed by atoms with van der Waals surface area (Å²) in [5.41, 5.74) is 1.71. The van der Waals surface area contributed by atoms with Crippen LogP contribution in [0.15, 0.2) is 36.7 Å². The number of carbonyl (C=O) groups is 2. The standard InChI is InChI=1S/C22H29N5O2/c1-26-17(9-14-24-26)7-8-20(28)25-19-6-4-10-22(19)11-15-27(16-12-22)21(29)18-5-2-3-13-23-18/h2-3,5,9,13-14,19H,4,6-8,10-12,15-16H2,1H3,(H,25,28). The van der Waals surface area contributed by atoms with Crippen molar-refractivity contribution in [1.29, 1.82) is 0 Å². The lowest BCUT2D eigenvalue weighted by atomic mass is 9.74. The molecule has 2 aromatic heterocycles. The normalized spacial score (nSPS) is 20.7. The topological polar surface area (TPSA) is 80.1 Å². The molecule has 7 heteroatoms. The summed E-state index contributed by atoms with van der Waals surface area (Å²) in [5, 5.41) is 7.47. The van der Waals surface area contributed by atoms with Gasteiger partial charge in [-0.1, -0.05) is 12.5 Å². The fourth-order valence-corrected chi connectivity index (χ4v) is 4.92. The predicted molar refractivity (Wildman–Crippen MR) is 109 cm³/mol. The van der Waals surface area contributed by atoms with Gasteiger partial charge >= 0.3 is 0 Å². The molecule has 2 aliphatic rings. The van der Waals surface area contributed by atoms with E-state index in [-0.39, 0.29) is 23.3 Å². The molecule has 1 aliphatic carbocycles. The highest BCUT2D eigenvalue weighted by Crippen LogP contribution is 2.46. The Balaban J connectivity index is 1.32. The molecule has 4 rings (SSSR count). The van der Waals surface area contributed by atoms with E-state index in [1.807, 2.05) is 34.8 Å². The van der Waals surface area contributed by atoms with Crippen LogP contribution in [0, 0.1) is 5.41 Å². The third kappa shape index (κ3) is 4.18. The van der Waals surface area contributed by atoms with Crippen LogP contribution in [0.2, 0.25) is 0 Å². The molecule has 1 saturated heterocycles. The number of likely N-dealkylation sites (tertiary alicyclic amines) is 1. The molecule has 1 aliphatic heterocycles. The van der Waals surface area contributed by atoms with E-state index in [2.05, 4.69) is 15.4 Å². The molecule has 1 saturated carbocycles. The van der Waals surface area contributed by atoms with Gasteiger partial charge in [-0.15, -0.1) is 0 Å². The fourth-order valence-electron chi connectivity index (χ4n) is 4.92. The molecule has 1 N–H and O–H groups in total. The van der Waals surface area contributed by atoms with Crippen molar-refractivity contribution < 1.29 is 9.59 Å². The van der Waals surface area contributed by atoms with Crippen molar-refractivity contribution >= 4 is 11.8 Å². The first kappa shape index (κ1) is 19.6. The Labute approximate surface area is 171 Å². The van der Waals surface area contributed by atoms with Crippen LogP contribution in [0.1, 0.15) is 54.7 Å². The Morgan fingerprint density at radius 1 is 1.17 bits per heavy atom. The van der Waals surface area contributed by atoms with E-state index in [4.69, 9.17) is 0 Å². The third-order valence-corrected chi connectivity index (χ3v) is 6.70. The summed E-state index contributed by atoms with van der Waals surface area (Å²) in [7, 11) is 1.90. The first-order chi connectivity index (χ1) is 14.1. The molecule has 0 bridgehead atoms. The zero-order chi connectivity index (χ0) is 20.3. The molecular formula is C22H29N5O2. The molecule has 154 valence electrons. The monoisotopic (exact) mass is 395 g/mol. The van der Waals surface area contributed by atoms with E-state index in [1.165, 1.54) is 0 Å². The lowest BCUT2D eigenvalue weighted by molar-refractivity contribution is -0.122. The zero-order valence-electron chi connectivity index (χ0n) is 17.0. The van der Waals surface area contributed by atoms with E-state index < -0.39 is 0 Å². The second-order valence-electron chi connectivity index (χ2n) is 8.33. The van der Waals surface area contributed by atoms with Gasteiger partial charge in [0.15, 0.2) is 0 Å². The minimum atomic E-state index is 0.00945. The highest BCUT2D eigenvalue weighted by atomic mass is 16.2. The number of hydrogen-bond donors (Lipinski definition) is 1. The summed E-state index contributed by atoms with van der Waals surface area (Å²) in [6, 6.07) is 7.61. The van der Waals surface area contributed by atoms with Gasteiger partial charge < -0.3 is 10.2 Å². The van der Waals surface area contributed by atoms with Crippen molar-refractivity contribution in [2.75, 3.05) is 13.1 Å².